The van der Waals surface area contributed by atoms with Gasteiger partial charge in [0.15, 0.2) is 0 Å². The summed E-state index contributed by atoms with van der Waals surface area (Å²) in [5.74, 6) is -0.867. The molecule has 2 aromatic carbocycles. The summed E-state index contributed by atoms with van der Waals surface area (Å²) in [5.41, 5.74) is 6.62. The van der Waals surface area contributed by atoms with Crippen LogP contribution in [0.3, 0.4) is 0 Å². The average molecular weight is 361 g/mol. The highest BCUT2D eigenvalue weighted by Gasteiger charge is 2.18. The van der Waals surface area contributed by atoms with E-state index >= 15 is 0 Å². The normalized spacial score (nSPS) is 11.3. The van der Waals surface area contributed by atoms with Crippen LogP contribution in [0.2, 0.25) is 0 Å². The fourth-order valence-electron chi connectivity index (χ4n) is 2.12. The van der Waals surface area contributed by atoms with Crippen molar-refractivity contribution in [1.29, 1.82) is 0 Å². The van der Waals surface area contributed by atoms with Gasteiger partial charge in [-0.25, -0.2) is 12.7 Å². The maximum absolute atomic E-state index is 12.3. The third kappa shape index (κ3) is 4.65. The Bertz CT molecular complexity index is 890. The molecule has 0 saturated carbocycles. The monoisotopic (exact) mass is 361 g/mol. The van der Waals surface area contributed by atoms with Crippen molar-refractivity contribution in [3.05, 3.63) is 59.7 Å². The van der Waals surface area contributed by atoms with E-state index in [0.29, 0.717) is 5.69 Å². The summed E-state index contributed by atoms with van der Waals surface area (Å²) < 4.78 is 25.4. The van der Waals surface area contributed by atoms with Crippen LogP contribution in [0.25, 0.3) is 0 Å². The minimum absolute atomic E-state index is 0.0435. The molecule has 0 unspecified atom stereocenters. The Balaban J connectivity index is 2.17. The lowest BCUT2D eigenvalue weighted by Gasteiger charge is -2.12. The highest BCUT2D eigenvalue weighted by Crippen LogP contribution is 2.17. The van der Waals surface area contributed by atoms with E-state index in [9.17, 15) is 18.0 Å². The van der Waals surface area contributed by atoms with Crippen molar-refractivity contribution in [2.45, 2.75) is 11.3 Å². The number of primary amides is 1. The molecule has 0 aliphatic heterocycles. The number of hydrogen-bond donors (Lipinski definition) is 2. The van der Waals surface area contributed by atoms with Crippen molar-refractivity contribution in [3.63, 3.8) is 0 Å². The number of carbonyl (C=O) groups excluding carboxylic acids is 2. The van der Waals surface area contributed by atoms with Gasteiger partial charge in [0, 0.05) is 25.3 Å². The number of nitrogens with two attached hydrogens (primary N) is 1. The van der Waals surface area contributed by atoms with Gasteiger partial charge in [-0.2, -0.15) is 0 Å². The van der Waals surface area contributed by atoms with E-state index in [-0.39, 0.29) is 16.9 Å². The zero-order valence-corrected chi connectivity index (χ0v) is 14.7. The van der Waals surface area contributed by atoms with Gasteiger partial charge in [0.05, 0.1) is 11.3 Å². The number of rotatable bonds is 6. The molecule has 2 aromatic rings. The van der Waals surface area contributed by atoms with Crippen LogP contribution in [-0.4, -0.2) is 38.6 Å². The predicted molar refractivity (Wildman–Crippen MR) is 94.6 cm³/mol. The van der Waals surface area contributed by atoms with Crippen molar-refractivity contribution in [2.75, 3.05) is 19.4 Å². The number of nitrogens with zero attached hydrogens (tertiary/aromatic N) is 1. The fraction of sp³-hybridized carbons (Fsp3) is 0.176. The third-order valence-corrected chi connectivity index (χ3v) is 5.28. The largest absolute Gasteiger partial charge is 0.369 e. The van der Waals surface area contributed by atoms with Crippen LogP contribution in [-0.2, 0) is 21.2 Å². The minimum Gasteiger partial charge on any atom is -0.369 e. The number of hydrogen-bond acceptors (Lipinski definition) is 4. The van der Waals surface area contributed by atoms with Crippen LogP contribution < -0.4 is 11.1 Å². The summed E-state index contributed by atoms with van der Waals surface area (Å²) in [4.78, 5) is 23.3. The summed E-state index contributed by atoms with van der Waals surface area (Å²) in [5, 5.41) is 2.68. The molecule has 0 radical (unpaired) electrons. The lowest BCUT2D eigenvalue weighted by atomic mass is 10.1. The molecule has 0 bridgehead atoms. The highest BCUT2D eigenvalue weighted by atomic mass is 32.2. The van der Waals surface area contributed by atoms with Gasteiger partial charge < -0.3 is 11.1 Å². The molecule has 0 aliphatic carbocycles. The number of benzene rings is 2. The molecule has 0 spiro atoms. The number of amides is 2. The molecule has 0 atom stereocenters. The van der Waals surface area contributed by atoms with Crippen molar-refractivity contribution in [1.82, 2.24) is 4.31 Å². The van der Waals surface area contributed by atoms with Gasteiger partial charge in [-0.15, -0.1) is 0 Å². The molecule has 7 nitrogen and oxygen atoms in total. The first-order valence-electron chi connectivity index (χ1n) is 7.41. The van der Waals surface area contributed by atoms with Gasteiger partial charge in [-0.1, -0.05) is 18.2 Å². The quantitative estimate of drug-likeness (QED) is 0.806. The van der Waals surface area contributed by atoms with Gasteiger partial charge >= 0.3 is 0 Å². The van der Waals surface area contributed by atoms with E-state index in [0.717, 1.165) is 9.87 Å². The van der Waals surface area contributed by atoms with Crippen LogP contribution in [0.5, 0.6) is 0 Å². The molecule has 2 rings (SSSR count). The zero-order valence-electron chi connectivity index (χ0n) is 13.9. The van der Waals surface area contributed by atoms with E-state index in [2.05, 4.69) is 5.32 Å². The standard InChI is InChI=1S/C17H19N3O4S/c1-20(2)25(23,24)15-5-3-4-13(11-15)17(22)19-14-8-6-12(7-9-14)10-16(18)21/h3-9,11H,10H2,1-2H3,(H2,18,21)(H,19,22). The zero-order chi connectivity index (χ0) is 18.6. The molecular weight excluding hydrogens is 342 g/mol. The lowest BCUT2D eigenvalue weighted by molar-refractivity contribution is -0.117. The molecule has 2 amide bonds. The third-order valence-electron chi connectivity index (χ3n) is 3.46. The Labute approximate surface area is 146 Å². The second kappa shape index (κ2) is 7.45. The lowest BCUT2D eigenvalue weighted by Crippen LogP contribution is -2.22. The Morgan fingerprint density at radius 2 is 1.72 bits per heavy atom. The highest BCUT2D eigenvalue weighted by molar-refractivity contribution is 7.89. The predicted octanol–water partition coefficient (Wildman–Crippen LogP) is 1.22. The minimum atomic E-state index is -3.61. The number of nitrogens with one attached hydrogen (secondary N) is 1. The molecule has 132 valence electrons. The summed E-state index contributed by atoms with van der Waals surface area (Å²) >= 11 is 0. The molecule has 0 heterocycles. The first-order valence-corrected chi connectivity index (χ1v) is 8.85. The smallest absolute Gasteiger partial charge is 0.255 e. The second-order valence-electron chi connectivity index (χ2n) is 5.61. The molecule has 25 heavy (non-hydrogen) atoms. The van der Waals surface area contributed by atoms with Crippen LogP contribution in [0.4, 0.5) is 5.69 Å². The molecular formula is C17H19N3O4S. The van der Waals surface area contributed by atoms with E-state index in [1.165, 1.54) is 38.4 Å². The van der Waals surface area contributed by atoms with Crippen LogP contribution in [0.15, 0.2) is 53.4 Å². The summed E-state index contributed by atoms with van der Waals surface area (Å²) in [6.07, 6.45) is 0.124. The van der Waals surface area contributed by atoms with Gasteiger partial charge in [-0.3, -0.25) is 9.59 Å². The number of sulfonamides is 1. The fourth-order valence-corrected chi connectivity index (χ4v) is 3.07. The maximum Gasteiger partial charge on any atom is 0.255 e. The Morgan fingerprint density at radius 3 is 2.28 bits per heavy atom. The average Bonchev–Trinajstić information content (AvgIpc) is 2.56. The first-order chi connectivity index (χ1) is 11.7. The molecule has 0 aliphatic rings. The summed E-state index contributed by atoms with van der Waals surface area (Å²) in [7, 11) is -0.761. The van der Waals surface area contributed by atoms with Crippen LogP contribution in [0, 0.1) is 0 Å². The van der Waals surface area contributed by atoms with E-state index < -0.39 is 21.8 Å². The van der Waals surface area contributed by atoms with Gasteiger partial charge in [-0.05, 0) is 35.9 Å². The van der Waals surface area contributed by atoms with Crippen LogP contribution in [0.1, 0.15) is 15.9 Å². The van der Waals surface area contributed by atoms with E-state index in [4.69, 9.17) is 5.73 Å². The second-order valence-corrected chi connectivity index (χ2v) is 7.76. The van der Waals surface area contributed by atoms with Crippen molar-refractivity contribution >= 4 is 27.5 Å². The number of anilines is 1. The SMILES string of the molecule is CN(C)S(=O)(=O)c1cccc(C(=O)Nc2ccc(CC(N)=O)cc2)c1. The Hall–Kier alpha value is -2.71. The summed E-state index contributed by atoms with van der Waals surface area (Å²) in [6, 6.07) is 12.5. The van der Waals surface area contributed by atoms with Gasteiger partial charge in [0.2, 0.25) is 15.9 Å². The van der Waals surface area contributed by atoms with E-state index in [1.54, 1.807) is 24.3 Å². The molecule has 0 aromatic heterocycles. The van der Waals surface area contributed by atoms with Gasteiger partial charge in [0.1, 0.15) is 0 Å². The Morgan fingerprint density at radius 1 is 1.08 bits per heavy atom. The van der Waals surface area contributed by atoms with E-state index in [1.807, 2.05) is 0 Å². The Kier molecular flexibility index (Phi) is 5.55. The maximum atomic E-state index is 12.3. The number of carbonyl (C=O) groups is 2. The molecule has 0 saturated heterocycles. The summed E-state index contributed by atoms with van der Waals surface area (Å²) in [6.45, 7) is 0. The van der Waals surface area contributed by atoms with Crippen molar-refractivity contribution in [2.24, 2.45) is 5.73 Å². The van der Waals surface area contributed by atoms with Gasteiger partial charge in [0.25, 0.3) is 5.91 Å². The van der Waals surface area contributed by atoms with Crippen molar-refractivity contribution in [3.8, 4) is 0 Å². The molecule has 3 N–H and O–H groups in total. The van der Waals surface area contributed by atoms with Crippen LogP contribution >= 0.6 is 0 Å². The van der Waals surface area contributed by atoms with Crippen molar-refractivity contribution < 1.29 is 18.0 Å². The molecule has 0 fully saturated rings. The first kappa shape index (κ1) is 18.6. The topological polar surface area (TPSA) is 110 Å². The molecule has 8 heteroatoms.